The van der Waals surface area contributed by atoms with Crippen LogP contribution in [-0.4, -0.2) is 19.7 Å². The van der Waals surface area contributed by atoms with Gasteiger partial charge in [0.25, 0.3) is 0 Å². The van der Waals surface area contributed by atoms with Crippen molar-refractivity contribution in [3.8, 4) is 23.3 Å². The molecule has 7 heteroatoms. The topological polar surface area (TPSA) is 93.4 Å². The second-order valence-corrected chi connectivity index (χ2v) is 4.62. The molecule has 0 saturated carbocycles. The second kappa shape index (κ2) is 5.23. The maximum atomic E-state index is 8.98. The van der Waals surface area contributed by atoms with Crippen molar-refractivity contribution in [1.29, 1.82) is 5.26 Å². The molecular weight excluding hydrogens is 288 g/mol. The molecule has 0 unspecified atom stereocenters. The van der Waals surface area contributed by atoms with Crippen LogP contribution in [0.4, 0.5) is 5.69 Å². The van der Waals surface area contributed by atoms with E-state index in [9.17, 15) is 0 Å². The van der Waals surface area contributed by atoms with Gasteiger partial charge in [-0.15, -0.1) is 5.10 Å². The summed E-state index contributed by atoms with van der Waals surface area (Å²) in [4.78, 5) is 8.35. The monoisotopic (exact) mass is 296 g/mol. The van der Waals surface area contributed by atoms with E-state index in [0.717, 1.165) is 5.56 Å². The largest absolute Gasteiger partial charge is 0.399 e. The highest BCUT2D eigenvalue weighted by Gasteiger charge is 2.12. The summed E-state index contributed by atoms with van der Waals surface area (Å²) in [6.45, 7) is 0. The van der Waals surface area contributed by atoms with Crippen molar-refractivity contribution in [3.05, 3.63) is 53.4 Å². The van der Waals surface area contributed by atoms with E-state index in [1.54, 1.807) is 18.2 Å². The molecule has 2 N–H and O–H groups in total. The van der Waals surface area contributed by atoms with Crippen LogP contribution in [0, 0.1) is 11.3 Å². The maximum Gasteiger partial charge on any atom is 0.181 e. The molecule has 0 fully saturated rings. The molecule has 0 amide bonds. The van der Waals surface area contributed by atoms with E-state index in [4.69, 9.17) is 22.6 Å². The van der Waals surface area contributed by atoms with E-state index in [1.807, 2.05) is 18.2 Å². The zero-order chi connectivity index (χ0) is 14.8. The third-order valence-electron chi connectivity index (χ3n) is 2.87. The molecule has 0 radical (unpaired) electrons. The van der Waals surface area contributed by atoms with Crippen LogP contribution < -0.4 is 5.73 Å². The molecule has 0 aliphatic rings. The maximum absolute atomic E-state index is 8.98. The van der Waals surface area contributed by atoms with Gasteiger partial charge in [-0.1, -0.05) is 11.6 Å². The number of pyridine rings is 1. The fraction of sp³-hybridized carbons (Fsp3) is 0. The minimum Gasteiger partial charge on any atom is -0.399 e. The van der Waals surface area contributed by atoms with Gasteiger partial charge >= 0.3 is 0 Å². The number of nitriles is 1. The number of anilines is 1. The molecule has 0 bridgehead atoms. The summed E-state index contributed by atoms with van der Waals surface area (Å²) >= 11 is 6.13. The Bertz CT molecular complexity index is 831. The fourth-order valence-corrected chi connectivity index (χ4v) is 2.05. The van der Waals surface area contributed by atoms with Crippen molar-refractivity contribution in [2.75, 3.05) is 5.73 Å². The number of nitrogen functional groups attached to an aromatic ring is 1. The van der Waals surface area contributed by atoms with E-state index >= 15 is 0 Å². The van der Waals surface area contributed by atoms with Gasteiger partial charge in [-0.05, 0) is 30.3 Å². The first-order valence-electron chi connectivity index (χ1n) is 6.01. The van der Waals surface area contributed by atoms with Crippen LogP contribution in [0.3, 0.4) is 0 Å². The molecule has 0 aliphatic carbocycles. The van der Waals surface area contributed by atoms with Gasteiger partial charge in [0.15, 0.2) is 11.6 Å². The molecule has 1 aromatic carbocycles. The lowest BCUT2D eigenvalue weighted by Gasteiger charge is -2.02. The van der Waals surface area contributed by atoms with E-state index < -0.39 is 0 Å². The third kappa shape index (κ3) is 2.42. The average molecular weight is 297 g/mol. The molecule has 0 spiro atoms. The Labute approximate surface area is 125 Å². The molecule has 102 valence electrons. The fourth-order valence-electron chi connectivity index (χ4n) is 1.81. The Hall–Kier alpha value is -2.91. The summed E-state index contributed by atoms with van der Waals surface area (Å²) in [5.41, 5.74) is 7.49. The van der Waals surface area contributed by atoms with Gasteiger partial charge < -0.3 is 5.73 Å². The Morgan fingerprint density at radius 1 is 1.14 bits per heavy atom. The van der Waals surface area contributed by atoms with Crippen LogP contribution >= 0.6 is 11.6 Å². The van der Waals surface area contributed by atoms with Gasteiger partial charge in [-0.2, -0.15) is 5.26 Å². The lowest BCUT2D eigenvalue weighted by atomic mass is 10.2. The molecule has 3 aromatic rings. The quantitative estimate of drug-likeness (QED) is 0.733. The van der Waals surface area contributed by atoms with Crippen molar-refractivity contribution in [2.24, 2.45) is 0 Å². The number of aromatic nitrogens is 4. The summed E-state index contributed by atoms with van der Waals surface area (Å²) < 4.78 is 1.44. The summed E-state index contributed by atoms with van der Waals surface area (Å²) in [6.07, 6.45) is 3.01. The van der Waals surface area contributed by atoms with Crippen LogP contribution in [0.5, 0.6) is 0 Å². The van der Waals surface area contributed by atoms with Crippen molar-refractivity contribution >= 4 is 17.3 Å². The van der Waals surface area contributed by atoms with Crippen molar-refractivity contribution < 1.29 is 0 Å². The zero-order valence-electron chi connectivity index (χ0n) is 10.7. The Morgan fingerprint density at radius 3 is 2.62 bits per heavy atom. The first-order chi connectivity index (χ1) is 10.2. The minimum atomic E-state index is 0.244. The number of rotatable bonds is 2. The number of halogens is 1. The van der Waals surface area contributed by atoms with E-state index in [0.29, 0.717) is 22.9 Å². The first kappa shape index (κ1) is 13.1. The molecule has 0 atom stereocenters. The highest BCUT2D eigenvalue weighted by molar-refractivity contribution is 6.33. The van der Waals surface area contributed by atoms with Gasteiger partial charge in [0.2, 0.25) is 0 Å². The van der Waals surface area contributed by atoms with Gasteiger partial charge in [0.05, 0.1) is 5.56 Å². The highest BCUT2D eigenvalue weighted by Crippen LogP contribution is 2.22. The Balaban J connectivity index is 2.03. The molecule has 21 heavy (non-hydrogen) atoms. The van der Waals surface area contributed by atoms with Gasteiger partial charge in [0, 0.05) is 17.4 Å². The summed E-state index contributed by atoms with van der Waals surface area (Å²) in [5, 5.41) is 13.5. The van der Waals surface area contributed by atoms with E-state index in [-0.39, 0.29) is 5.02 Å². The number of benzene rings is 1. The van der Waals surface area contributed by atoms with Crippen LogP contribution in [0.15, 0.2) is 42.9 Å². The first-order valence-corrected chi connectivity index (χ1v) is 6.39. The van der Waals surface area contributed by atoms with Gasteiger partial charge in [-0.25, -0.2) is 14.6 Å². The lowest BCUT2D eigenvalue weighted by molar-refractivity contribution is 0.847. The van der Waals surface area contributed by atoms with Crippen molar-refractivity contribution in [3.63, 3.8) is 0 Å². The van der Waals surface area contributed by atoms with E-state index in [2.05, 4.69) is 15.1 Å². The number of nitrogens with zero attached hydrogens (tertiary/aromatic N) is 5. The van der Waals surface area contributed by atoms with Crippen LogP contribution in [0.2, 0.25) is 5.02 Å². The third-order valence-corrected chi connectivity index (χ3v) is 3.24. The smallest absolute Gasteiger partial charge is 0.181 e. The van der Waals surface area contributed by atoms with Crippen LogP contribution in [0.1, 0.15) is 5.56 Å². The van der Waals surface area contributed by atoms with Crippen molar-refractivity contribution in [2.45, 2.75) is 0 Å². The van der Waals surface area contributed by atoms with E-state index in [1.165, 1.54) is 17.2 Å². The minimum absolute atomic E-state index is 0.244. The molecule has 2 heterocycles. The highest BCUT2D eigenvalue weighted by atomic mass is 35.5. The molecule has 2 aromatic heterocycles. The molecule has 0 aliphatic heterocycles. The van der Waals surface area contributed by atoms with Gasteiger partial charge in [-0.3, -0.25) is 0 Å². The van der Waals surface area contributed by atoms with Gasteiger partial charge in [0.1, 0.15) is 17.4 Å². The molecule has 6 nitrogen and oxygen atoms in total. The lowest BCUT2D eigenvalue weighted by Crippen LogP contribution is -2.00. The predicted octanol–water partition coefficient (Wildman–Crippen LogP) is 2.44. The predicted molar refractivity (Wildman–Crippen MR) is 78.7 cm³/mol. The summed E-state index contributed by atoms with van der Waals surface area (Å²) in [6, 6.07) is 10.8. The van der Waals surface area contributed by atoms with Crippen LogP contribution in [-0.2, 0) is 0 Å². The molecule has 3 rings (SSSR count). The normalized spacial score (nSPS) is 10.3. The second-order valence-electron chi connectivity index (χ2n) is 4.24. The SMILES string of the molecule is N#Cc1ccnc(-n2cnc(-c3ccc(N)cc3)n2)c1Cl. The standard InChI is InChI=1S/C14H9ClN6/c15-12-10(7-16)5-6-18-14(12)21-8-19-13(20-21)9-1-3-11(17)4-2-9/h1-6,8H,17H2. The number of hydrogen-bond acceptors (Lipinski definition) is 5. The molecular formula is C14H9ClN6. The summed E-state index contributed by atoms with van der Waals surface area (Å²) in [7, 11) is 0. The Morgan fingerprint density at radius 2 is 1.90 bits per heavy atom. The number of nitrogens with two attached hydrogens (primary N) is 1. The average Bonchev–Trinajstić information content (AvgIpc) is 2.98. The zero-order valence-corrected chi connectivity index (χ0v) is 11.5. The van der Waals surface area contributed by atoms with Crippen LogP contribution in [0.25, 0.3) is 17.2 Å². The van der Waals surface area contributed by atoms with Crippen molar-refractivity contribution in [1.82, 2.24) is 19.7 Å². The molecule has 0 saturated heterocycles. The Kier molecular flexibility index (Phi) is 3.26. The summed E-state index contributed by atoms with van der Waals surface area (Å²) in [5.74, 6) is 0.889. The number of hydrogen-bond donors (Lipinski definition) is 1.